The van der Waals surface area contributed by atoms with Crippen LogP contribution in [0.25, 0.3) is 0 Å². The number of benzene rings is 1. The van der Waals surface area contributed by atoms with E-state index in [0.717, 1.165) is 0 Å². The van der Waals surface area contributed by atoms with Gasteiger partial charge in [0, 0.05) is 25.2 Å². The van der Waals surface area contributed by atoms with E-state index in [1.54, 1.807) is 6.07 Å². The molecule has 0 atom stereocenters. The van der Waals surface area contributed by atoms with Gasteiger partial charge in [0.25, 0.3) is 0 Å². The number of anilines is 2. The van der Waals surface area contributed by atoms with E-state index in [-0.39, 0.29) is 11.9 Å². The fourth-order valence-corrected chi connectivity index (χ4v) is 1.27. The summed E-state index contributed by atoms with van der Waals surface area (Å²) >= 11 is 0. The maximum atomic E-state index is 13.5. The highest BCUT2D eigenvalue weighted by molar-refractivity contribution is 5.68. The summed E-state index contributed by atoms with van der Waals surface area (Å²) in [6.07, 6.45) is -0.0829. The first-order chi connectivity index (χ1) is 7.54. The maximum Gasteiger partial charge on any atom is 0.167 e. The van der Waals surface area contributed by atoms with Gasteiger partial charge in [-0.25, -0.2) is 4.39 Å². The van der Waals surface area contributed by atoms with Crippen molar-refractivity contribution < 1.29 is 9.13 Å². The highest BCUT2D eigenvalue weighted by Gasteiger charge is 2.10. The molecule has 0 spiro atoms. The highest BCUT2D eigenvalue weighted by Crippen LogP contribution is 2.28. The van der Waals surface area contributed by atoms with Gasteiger partial charge in [-0.05, 0) is 13.8 Å². The molecular weight excluding hydrogens is 209 g/mol. The van der Waals surface area contributed by atoms with Crippen molar-refractivity contribution in [1.29, 1.82) is 0 Å². The van der Waals surface area contributed by atoms with E-state index in [1.165, 1.54) is 6.07 Å². The molecule has 0 saturated carbocycles. The van der Waals surface area contributed by atoms with E-state index >= 15 is 0 Å². The quantitative estimate of drug-likeness (QED) is 0.667. The van der Waals surface area contributed by atoms with Crippen LogP contribution in [0.4, 0.5) is 15.8 Å². The average molecular weight is 227 g/mol. The van der Waals surface area contributed by atoms with Gasteiger partial charge in [-0.2, -0.15) is 0 Å². The molecule has 1 aromatic rings. The van der Waals surface area contributed by atoms with Gasteiger partial charge in [0.05, 0.1) is 17.5 Å². The molecule has 1 rings (SSSR count). The molecule has 0 heterocycles. The summed E-state index contributed by atoms with van der Waals surface area (Å²) in [6.45, 7) is 4.74. The number of hydrogen-bond acceptors (Lipinski definition) is 4. The van der Waals surface area contributed by atoms with Gasteiger partial charge in [0.15, 0.2) is 11.6 Å². The second kappa shape index (κ2) is 5.55. The van der Waals surface area contributed by atoms with Gasteiger partial charge in [0.1, 0.15) is 0 Å². The van der Waals surface area contributed by atoms with Crippen LogP contribution in [-0.4, -0.2) is 19.2 Å². The van der Waals surface area contributed by atoms with E-state index in [2.05, 4.69) is 5.32 Å². The van der Waals surface area contributed by atoms with Crippen LogP contribution in [0.1, 0.15) is 13.8 Å². The van der Waals surface area contributed by atoms with Crippen molar-refractivity contribution in [1.82, 2.24) is 0 Å². The molecule has 5 heteroatoms. The van der Waals surface area contributed by atoms with Crippen LogP contribution < -0.4 is 21.5 Å². The van der Waals surface area contributed by atoms with E-state index in [0.29, 0.717) is 24.5 Å². The second-order valence-corrected chi connectivity index (χ2v) is 3.75. The predicted octanol–water partition coefficient (Wildman–Crippen LogP) is 1.57. The lowest BCUT2D eigenvalue weighted by atomic mass is 10.2. The molecule has 0 aliphatic carbocycles. The summed E-state index contributed by atoms with van der Waals surface area (Å²) < 4.78 is 18.8. The summed E-state index contributed by atoms with van der Waals surface area (Å²) in [5.41, 5.74) is 12.0. The van der Waals surface area contributed by atoms with E-state index in [4.69, 9.17) is 16.2 Å². The number of ether oxygens (including phenoxy) is 1. The minimum absolute atomic E-state index is 0.0829. The second-order valence-electron chi connectivity index (χ2n) is 3.75. The molecule has 90 valence electrons. The van der Waals surface area contributed by atoms with Gasteiger partial charge >= 0.3 is 0 Å². The Bertz CT molecular complexity index is 355. The lowest BCUT2D eigenvalue weighted by Crippen LogP contribution is -2.15. The topological polar surface area (TPSA) is 73.3 Å². The fourth-order valence-electron chi connectivity index (χ4n) is 1.27. The standard InChI is InChI=1S/C11H18FN3O/c1-7(2)16-11-6-10(15-4-3-13)9(14)5-8(11)12/h5-7,15H,3-4,13-14H2,1-2H3. The van der Waals surface area contributed by atoms with Crippen molar-refractivity contribution in [3.05, 3.63) is 17.9 Å². The first kappa shape index (κ1) is 12.6. The lowest BCUT2D eigenvalue weighted by Gasteiger charge is -2.14. The molecule has 1 aromatic carbocycles. The molecule has 5 N–H and O–H groups in total. The Kier molecular flexibility index (Phi) is 4.37. The Morgan fingerprint density at radius 3 is 2.69 bits per heavy atom. The molecular formula is C11H18FN3O. The van der Waals surface area contributed by atoms with Gasteiger partial charge in [-0.15, -0.1) is 0 Å². The van der Waals surface area contributed by atoms with Crippen molar-refractivity contribution in [2.75, 3.05) is 24.1 Å². The Morgan fingerprint density at radius 2 is 2.12 bits per heavy atom. The smallest absolute Gasteiger partial charge is 0.167 e. The van der Waals surface area contributed by atoms with Crippen LogP contribution in [0.5, 0.6) is 5.75 Å². The van der Waals surface area contributed by atoms with Crippen LogP contribution >= 0.6 is 0 Å². The molecule has 0 bridgehead atoms. The number of nitrogen functional groups attached to an aromatic ring is 1. The Labute approximate surface area is 94.8 Å². The third-order valence-corrected chi connectivity index (χ3v) is 1.93. The zero-order chi connectivity index (χ0) is 12.1. The van der Waals surface area contributed by atoms with Crippen LogP contribution in [0.15, 0.2) is 12.1 Å². The minimum atomic E-state index is -0.454. The molecule has 0 radical (unpaired) electrons. The summed E-state index contributed by atoms with van der Waals surface area (Å²) in [7, 11) is 0. The van der Waals surface area contributed by atoms with Crippen molar-refractivity contribution in [3.63, 3.8) is 0 Å². The summed E-state index contributed by atoms with van der Waals surface area (Å²) in [5.74, 6) is -0.256. The first-order valence-electron chi connectivity index (χ1n) is 5.24. The molecule has 0 fully saturated rings. The molecule has 0 aromatic heterocycles. The average Bonchev–Trinajstić information content (AvgIpc) is 2.20. The van der Waals surface area contributed by atoms with Gasteiger partial charge in [0.2, 0.25) is 0 Å². The van der Waals surface area contributed by atoms with E-state index in [1.807, 2.05) is 13.8 Å². The van der Waals surface area contributed by atoms with Crippen molar-refractivity contribution in [2.24, 2.45) is 5.73 Å². The third kappa shape index (κ3) is 3.27. The highest BCUT2D eigenvalue weighted by atomic mass is 19.1. The Hall–Kier alpha value is -1.49. The van der Waals surface area contributed by atoms with Crippen LogP contribution in [0.2, 0.25) is 0 Å². The van der Waals surface area contributed by atoms with Crippen molar-refractivity contribution in [3.8, 4) is 5.75 Å². The monoisotopic (exact) mass is 227 g/mol. The normalized spacial score (nSPS) is 10.6. The largest absolute Gasteiger partial charge is 0.488 e. The van der Waals surface area contributed by atoms with E-state index < -0.39 is 5.82 Å². The minimum Gasteiger partial charge on any atom is -0.488 e. The van der Waals surface area contributed by atoms with Gasteiger partial charge in [-0.3, -0.25) is 0 Å². The van der Waals surface area contributed by atoms with Crippen LogP contribution in [-0.2, 0) is 0 Å². The molecule has 0 amide bonds. The molecule has 0 saturated heterocycles. The summed E-state index contributed by atoms with van der Waals surface area (Å²) in [4.78, 5) is 0. The summed E-state index contributed by atoms with van der Waals surface area (Å²) in [5, 5.41) is 3.01. The number of nitrogens with two attached hydrogens (primary N) is 2. The molecule has 0 unspecified atom stereocenters. The number of rotatable bonds is 5. The van der Waals surface area contributed by atoms with Gasteiger partial charge in [-0.1, -0.05) is 0 Å². The fraction of sp³-hybridized carbons (Fsp3) is 0.455. The number of hydrogen-bond donors (Lipinski definition) is 3. The third-order valence-electron chi connectivity index (χ3n) is 1.93. The molecule has 0 aliphatic rings. The molecule has 4 nitrogen and oxygen atoms in total. The van der Waals surface area contributed by atoms with Crippen LogP contribution in [0, 0.1) is 5.82 Å². The van der Waals surface area contributed by atoms with E-state index in [9.17, 15) is 4.39 Å². The molecule has 0 aliphatic heterocycles. The maximum absolute atomic E-state index is 13.5. The van der Waals surface area contributed by atoms with Crippen molar-refractivity contribution in [2.45, 2.75) is 20.0 Å². The Morgan fingerprint density at radius 1 is 1.44 bits per heavy atom. The predicted molar refractivity (Wildman–Crippen MR) is 64.1 cm³/mol. The van der Waals surface area contributed by atoms with Crippen LogP contribution in [0.3, 0.4) is 0 Å². The number of nitrogens with one attached hydrogen (secondary N) is 1. The van der Waals surface area contributed by atoms with Crippen molar-refractivity contribution >= 4 is 11.4 Å². The first-order valence-corrected chi connectivity index (χ1v) is 5.24. The summed E-state index contributed by atoms with van der Waals surface area (Å²) in [6, 6.07) is 2.80. The molecule has 16 heavy (non-hydrogen) atoms. The van der Waals surface area contributed by atoms with Gasteiger partial charge < -0.3 is 21.5 Å². The zero-order valence-corrected chi connectivity index (χ0v) is 9.59. The lowest BCUT2D eigenvalue weighted by molar-refractivity contribution is 0.231. The zero-order valence-electron chi connectivity index (χ0n) is 9.59. The number of halogens is 1. The SMILES string of the molecule is CC(C)Oc1cc(NCCN)c(N)cc1F. The Balaban J connectivity index is 2.92.